The van der Waals surface area contributed by atoms with E-state index >= 15 is 0 Å². The first-order chi connectivity index (χ1) is 7.41. The highest BCUT2D eigenvalue weighted by Crippen LogP contribution is 2.20. The monoisotopic (exact) mass is 294 g/mol. The van der Waals surface area contributed by atoms with Gasteiger partial charge in [-0.1, -0.05) is 52.1 Å². The fourth-order valence-corrected chi connectivity index (χ4v) is 4.20. The zero-order chi connectivity index (χ0) is 12.6. The molecule has 0 aromatic rings. The number of unbranched alkanes of at least 4 members (excludes halogenated alkanes) is 1. The predicted molar refractivity (Wildman–Crippen MR) is 89.1 cm³/mol. The van der Waals surface area contributed by atoms with Crippen LogP contribution in [0.25, 0.3) is 0 Å². The molecule has 0 atom stereocenters. The van der Waals surface area contributed by atoms with Crippen LogP contribution in [0.1, 0.15) is 53.4 Å². The van der Waals surface area contributed by atoms with Gasteiger partial charge >= 0.3 is 0 Å². The van der Waals surface area contributed by atoms with Crippen molar-refractivity contribution in [1.29, 1.82) is 0 Å². The Hall–Kier alpha value is 0.880. The zero-order valence-corrected chi connectivity index (χ0v) is 13.9. The molecule has 0 unspecified atom stereocenters. The molecule has 0 saturated carbocycles. The van der Waals surface area contributed by atoms with Crippen molar-refractivity contribution >= 4 is 56.4 Å². The Labute approximate surface area is 120 Å². The Balaban J connectivity index is 3.46. The highest BCUT2D eigenvalue weighted by Gasteiger charge is 2.04. The molecule has 0 spiro atoms. The molecule has 0 amide bonds. The number of thioether (sulfide) groups is 2. The molecule has 0 aliphatic heterocycles. The Morgan fingerprint density at radius 2 is 1.12 bits per heavy atom. The lowest BCUT2D eigenvalue weighted by Gasteiger charge is -2.07. The first-order valence-electron chi connectivity index (χ1n) is 5.80. The van der Waals surface area contributed by atoms with Crippen molar-refractivity contribution in [1.82, 2.24) is 0 Å². The van der Waals surface area contributed by atoms with Gasteiger partial charge in [-0.25, -0.2) is 0 Å². The van der Waals surface area contributed by atoms with E-state index in [-0.39, 0.29) is 0 Å². The second kappa shape index (κ2) is 9.86. The highest BCUT2D eigenvalue weighted by atomic mass is 32.2. The highest BCUT2D eigenvalue weighted by molar-refractivity contribution is 8.23. The summed E-state index contributed by atoms with van der Waals surface area (Å²) in [4.78, 5) is 0. The van der Waals surface area contributed by atoms with Gasteiger partial charge in [0.05, 0.1) is 0 Å². The van der Waals surface area contributed by atoms with E-state index in [0.717, 1.165) is 21.2 Å². The summed E-state index contributed by atoms with van der Waals surface area (Å²) in [5, 5.41) is 1.23. The van der Waals surface area contributed by atoms with Crippen LogP contribution in [0.2, 0.25) is 0 Å². The number of rotatable bonds is 7. The summed E-state index contributed by atoms with van der Waals surface area (Å²) in [5.74, 6) is 0. The SMILES string of the molecule is CC(C)SC(=S)CCCCC(=S)SC(C)C. The summed E-state index contributed by atoms with van der Waals surface area (Å²) < 4.78 is 2.30. The summed E-state index contributed by atoms with van der Waals surface area (Å²) in [6.45, 7) is 8.74. The van der Waals surface area contributed by atoms with Crippen molar-refractivity contribution < 1.29 is 0 Å². The van der Waals surface area contributed by atoms with Gasteiger partial charge in [0.1, 0.15) is 0 Å². The maximum Gasteiger partial charge on any atom is 0.0480 e. The van der Waals surface area contributed by atoms with Gasteiger partial charge in [-0.05, 0) is 25.7 Å². The Kier molecular flexibility index (Phi) is 10.4. The van der Waals surface area contributed by atoms with E-state index in [9.17, 15) is 0 Å². The Morgan fingerprint density at radius 3 is 1.38 bits per heavy atom. The van der Waals surface area contributed by atoms with Gasteiger partial charge in [-0.3, -0.25) is 0 Å². The lowest BCUT2D eigenvalue weighted by molar-refractivity contribution is 0.810. The maximum absolute atomic E-state index is 5.30. The zero-order valence-electron chi connectivity index (χ0n) is 10.6. The van der Waals surface area contributed by atoms with Crippen LogP contribution in [0.3, 0.4) is 0 Å². The molecule has 0 fully saturated rings. The number of hydrogen-bond donors (Lipinski definition) is 0. The Bertz CT molecular complexity index is 197. The van der Waals surface area contributed by atoms with E-state index in [4.69, 9.17) is 24.4 Å². The second-order valence-corrected chi connectivity index (χ2v) is 9.13. The molecular formula is C12H22S4. The van der Waals surface area contributed by atoms with Crippen LogP contribution < -0.4 is 0 Å². The van der Waals surface area contributed by atoms with E-state index < -0.39 is 0 Å². The van der Waals surface area contributed by atoms with Crippen LogP contribution in [-0.2, 0) is 0 Å². The van der Waals surface area contributed by atoms with Crippen LogP contribution in [0.5, 0.6) is 0 Å². The third kappa shape index (κ3) is 11.4. The van der Waals surface area contributed by atoms with Gasteiger partial charge in [0.15, 0.2) is 0 Å². The van der Waals surface area contributed by atoms with E-state index in [1.54, 1.807) is 0 Å². The van der Waals surface area contributed by atoms with Crippen LogP contribution in [0, 0.1) is 0 Å². The van der Waals surface area contributed by atoms with Crippen LogP contribution in [0.15, 0.2) is 0 Å². The predicted octanol–water partition coefficient (Wildman–Crippen LogP) is 5.48. The van der Waals surface area contributed by atoms with Gasteiger partial charge in [0.2, 0.25) is 0 Å². The fraction of sp³-hybridized carbons (Fsp3) is 0.833. The quantitative estimate of drug-likeness (QED) is 0.450. The Morgan fingerprint density at radius 1 is 0.812 bits per heavy atom. The molecule has 0 aliphatic rings. The standard InChI is InChI=1S/C12H22S4/c1-9(2)15-11(13)7-5-6-8-12(14)16-10(3)4/h9-10H,5-8H2,1-4H3. The van der Waals surface area contributed by atoms with E-state index in [2.05, 4.69) is 27.7 Å². The third-order valence-corrected chi connectivity index (χ3v) is 4.61. The smallest absolute Gasteiger partial charge is 0.0480 e. The molecule has 0 bridgehead atoms. The summed E-state index contributed by atoms with van der Waals surface area (Å²) in [6.07, 6.45) is 4.48. The van der Waals surface area contributed by atoms with Crippen molar-refractivity contribution in [2.24, 2.45) is 0 Å². The third-order valence-electron chi connectivity index (χ3n) is 1.75. The van der Waals surface area contributed by atoms with Gasteiger partial charge in [-0.15, -0.1) is 23.5 Å². The maximum atomic E-state index is 5.30. The summed E-state index contributed by atoms with van der Waals surface area (Å²) >= 11 is 14.2. The summed E-state index contributed by atoms with van der Waals surface area (Å²) in [5.41, 5.74) is 0. The molecule has 0 saturated heterocycles. The first kappa shape index (κ1) is 16.9. The minimum absolute atomic E-state index is 0.616. The number of thiocarbonyl (C=S) groups is 2. The molecule has 0 rings (SSSR count). The second-order valence-electron chi connectivity index (χ2n) is 4.28. The molecule has 0 N–H and O–H groups in total. The van der Waals surface area contributed by atoms with Gasteiger partial charge in [0.25, 0.3) is 0 Å². The van der Waals surface area contributed by atoms with Crippen molar-refractivity contribution in [2.45, 2.75) is 63.9 Å². The van der Waals surface area contributed by atoms with Crippen LogP contribution >= 0.6 is 48.0 Å². The van der Waals surface area contributed by atoms with Crippen molar-refractivity contribution in [3.05, 3.63) is 0 Å². The normalized spacial score (nSPS) is 11.1. The summed E-state index contributed by atoms with van der Waals surface area (Å²) in [7, 11) is 0. The average Bonchev–Trinajstić information content (AvgIpc) is 2.10. The van der Waals surface area contributed by atoms with Crippen molar-refractivity contribution in [3.63, 3.8) is 0 Å². The minimum Gasteiger partial charge on any atom is -0.116 e. The van der Waals surface area contributed by atoms with Gasteiger partial charge in [0, 0.05) is 18.9 Å². The minimum atomic E-state index is 0.616. The largest absolute Gasteiger partial charge is 0.116 e. The molecule has 0 nitrogen and oxygen atoms in total. The van der Waals surface area contributed by atoms with Gasteiger partial charge in [-0.2, -0.15) is 0 Å². The average molecular weight is 295 g/mol. The molecule has 16 heavy (non-hydrogen) atoms. The molecule has 0 aliphatic carbocycles. The first-order valence-corrected chi connectivity index (χ1v) is 8.38. The lowest BCUT2D eigenvalue weighted by Crippen LogP contribution is -1.98. The molecule has 0 aromatic heterocycles. The van der Waals surface area contributed by atoms with Crippen LogP contribution in [-0.4, -0.2) is 18.9 Å². The van der Waals surface area contributed by atoms with E-state index in [0.29, 0.717) is 10.5 Å². The van der Waals surface area contributed by atoms with Gasteiger partial charge < -0.3 is 0 Å². The number of hydrogen-bond acceptors (Lipinski definition) is 4. The van der Waals surface area contributed by atoms with Crippen LogP contribution in [0.4, 0.5) is 0 Å². The fourth-order valence-electron chi connectivity index (χ4n) is 1.18. The van der Waals surface area contributed by atoms with E-state index in [1.807, 2.05) is 23.5 Å². The molecule has 0 heterocycles. The lowest BCUT2D eigenvalue weighted by atomic mass is 10.2. The molecule has 0 radical (unpaired) electrons. The summed E-state index contributed by atoms with van der Waals surface area (Å²) in [6, 6.07) is 0. The molecule has 0 aromatic carbocycles. The van der Waals surface area contributed by atoms with Crippen molar-refractivity contribution in [2.75, 3.05) is 0 Å². The van der Waals surface area contributed by atoms with E-state index in [1.165, 1.54) is 12.8 Å². The molecule has 4 heteroatoms. The molecular weight excluding hydrogens is 272 g/mol. The van der Waals surface area contributed by atoms with Crippen molar-refractivity contribution in [3.8, 4) is 0 Å². The topological polar surface area (TPSA) is 0 Å². The molecule has 94 valence electrons.